The van der Waals surface area contributed by atoms with E-state index in [9.17, 15) is 13.2 Å². The lowest BCUT2D eigenvalue weighted by Crippen LogP contribution is -2.41. The van der Waals surface area contributed by atoms with E-state index in [-0.39, 0.29) is 16.0 Å². The first kappa shape index (κ1) is 26.4. The van der Waals surface area contributed by atoms with Gasteiger partial charge in [0.15, 0.2) is 0 Å². The van der Waals surface area contributed by atoms with Gasteiger partial charge in [-0.2, -0.15) is 4.31 Å². The van der Waals surface area contributed by atoms with Crippen LogP contribution in [0, 0.1) is 5.92 Å². The molecular formula is C26H27ClN4O3S4. The van der Waals surface area contributed by atoms with Crippen LogP contribution in [0.5, 0.6) is 0 Å². The van der Waals surface area contributed by atoms with Gasteiger partial charge < -0.3 is 5.32 Å². The number of rotatable bonds is 6. The third-order valence-electron chi connectivity index (χ3n) is 7.30. The molecule has 0 saturated carbocycles. The number of thiazole rings is 1. The highest BCUT2D eigenvalue weighted by Crippen LogP contribution is 2.46. The minimum Gasteiger partial charge on any atom is -0.317 e. The number of amides is 1. The molecule has 6 rings (SSSR count). The maximum absolute atomic E-state index is 13.5. The summed E-state index contributed by atoms with van der Waals surface area (Å²) < 4.78 is 29.2. The second-order valence-electron chi connectivity index (χ2n) is 9.54. The lowest BCUT2D eigenvalue weighted by molar-refractivity contribution is -0.120. The van der Waals surface area contributed by atoms with E-state index < -0.39 is 10.0 Å². The molecule has 0 aliphatic carbocycles. The van der Waals surface area contributed by atoms with E-state index in [0.29, 0.717) is 30.3 Å². The maximum Gasteiger partial charge on any atom is 0.252 e. The van der Waals surface area contributed by atoms with E-state index in [4.69, 9.17) is 16.6 Å². The van der Waals surface area contributed by atoms with Crippen molar-refractivity contribution >= 4 is 76.8 Å². The van der Waals surface area contributed by atoms with Crippen LogP contribution in [0.2, 0.25) is 4.34 Å². The summed E-state index contributed by atoms with van der Waals surface area (Å²) >= 11 is 10.3. The van der Waals surface area contributed by atoms with Crippen molar-refractivity contribution in [3.63, 3.8) is 0 Å². The number of hydrogen-bond donors (Lipinski definition) is 1. The quantitative estimate of drug-likeness (QED) is 0.284. The largest absolute Gasteiger partial charge is 0.317 e. The Labute approximate surface area is 239 Å². The van der Waals surface area contributed by atoms with Crippen LogP contribution in [0.15, 0.2) is 40.6 Å². The number of thiophene rings is 2. The number of fused-ring (bicyclic) bond motifs is 2. The number of nitrogens with one attached hydrogen (secondary N) is 1. The predicted octanol–water partition coefficient (Wildman–Crippen LogP) is 6.16. The first-order valence-corrected chi connectivity index (χ1v) is 16.9. The van der Waals surface area contributed by atoms with Gasteiger partial charge in [-0.1, -0.05) is 30.7 Å². The molecule has 5 heterocycles. The van der Waals surface area contributed by atoms with Crippen molar-refractivity contribution in [2.75, 3.05) is 31.5 Å². The number of piperidine rings is 1. The molecule has 1 amide bonds. The number of halogens is 1. The first-order chi connectivity index (χ1) is 18.3. The number of benzene rings is 1. The summed E-state index contributed by atoms with van der Waals surface area (Å²) in [5, 5.41) is 5.05. The zero-order chi connectivity index (χ0) is 26.4. The van der Waals surface area contributed by atoms with Crippen LogP contribution in [-0.4, -0.2) is 54.7 Å². The highest BCUT2D eigenvalue weighted by molar-refractivity contribution is 7.91. The van der Waals surface area contributed by atoms with Gasteiger partial charge in [-0.05, 0) is 55.6 Å². The molecule has 1 aromatic carbocycles. The fourth-order valence-corrected chi connectivity index (χ4v) is 10.7. The van der Waals surface area contributed by atoms with Gasteiger partial charge >= 0.3 is 0 Å². The Bertz CT molecular complexity index is 1570. The van der Waals surface area contributed by atoms with Crippen LogP contribution in [0.4, 0.5) is 5.00 Å². The van der Waals surface area contributed by atoms with Gasteiger partial charge in [0.25, 0.3) is 10.0 Å². The topological polar surface area (TPSA) is 82.6 Å². The van der Waals surface area contributed by atoms with Crippen LogP contribution in [0.3, 0.4) is 0 Å². The third kappa shape index (κ3) is 4.94. The van der Waals surface area contributed by atoms with Crippen LogP contribution in [0.25, 0.3) is 20.8 Å². The Balaban J connectivity index is 1.23. The monoisotopic (exact) mass is 606 g/mol. The zero-order valence-electron chi connectivity index (χ0n) is 20.8. The molecule has 38 heavy (non-hydrogen) atoms. The number of hydrogen-bond acceptors (Lipinski definition) is 8. The van der Waals surface area contributed by atoms with E-state index >= 15 is 0 Å². The smallest absolute Gasteiger partial charge is 0.252 e. The molecule has 0 radical (unpaired) electrons. The van der Waals surface area contributed by atoms with Gasteiger partial charge in [0.05, 0.1) is 14.6 Å². The summed E-state index contributed by atoms with van der Waals surface area (Å²) in [4.78, 5) is 22.1. The highest BCUT2D eigenvalue weighted by atomic mass is 35.5. The van der Waals surface area contributed by atoms with E-state index in [2.05, 4.69) is 23.2 Å². The second-order valence-corrected chi connectivity index (χ2v) is 15.6. The molecule has 0 atom stereocenters. The molecule has 4 aromatic rings. The Hall–Kier alpha value is -1.86. The molecule has 0 bridgehead atoms. The molecule has 7 nitrogen and oxygen atoms in total. The van der Waals surface area contributed by atoms with Crippen LogP contribution in [-0.2, 0) is 27.8 Å². The van der Waals surface area contributed by atoms with Crippen molar-refractivity contribution in [2.45, 2.75) is 36.9 Å². The van der Waals surface area contributed by atoms with E-state index in [1.165, 1.54) is 14.7 Å². The number of nitrogens with zero attached hydrogens (tertiary/aromatic N) is 3. The third-order valence-corrected chi connectivity index (χ3v) is 13.1. The molecule has 1 saturated heterocycles. The molecule has 0 unspecified atom stereocenters. The van der Waals surface area contributed by atoms with Gasteiger partial charge in [-0.25, -0.2) is 13.4 Å². The van der Waals surface area contributed by atoms with Gasteiger partial charge in [0.2, 0.25) is 5.91 Å². The van der Waals surface area contributed by atoms with Gasteiger partial charge in [0, 0.05) is 42.5 Å². The standard InChI is InChI=1S/C26H27ClN4O3S4/c1-2-30-12-11-17-20(15-30)36-26(23(17)25-28-18-5-3-4-6-19(18)35-25)29-24(32)16-9-13-31(14-10-16)38(33,34)22-8-7-21(27)37-22/h3-8,16H,2,9-15H2,1H3,(H,29,32). The molecular weight excluding hydrogens is 580 g/mol. The number of sulfonamides is 1. The molecule has 12 heteroatoms. The van der Waals surface area contributed by atoms with Gasteiger partial charge in [-0.3, -0.25) is 9.69 Å². The lowest BCUT2D eigenvalue weighted by atomic mass is 9.97. The fourth-order valence-electron chi connectivity index (χ4n) is 5.16. The molecule has 1 N–H and O–H groups in total. The number of likely N-dealkylation sites (N-methyl/N-ethyl adjacent to an activating group) is 1. The average Bonchev–Trinajstić information content (AvgIpc) is 3.64. The van der Waals surface area contributed by atoms with E-state index in [1.54, 1.807) is 34.8 Å². The number of carbonyl (C=O) groups excluding carboxylic acids is 1. The van der Waals surface area contributed by atoms with Crippen LogP contribution in [0.1, 0.15) is 30.2 Å². The fraction of sp³-hybridized carbons (Fsp3) is 0.385. The second kappa shape index (κ2) is 10.6. The Kier molecular flexibility index (Phi) is 7.36. The summed E-state index contributed by atoms with van der Waals surface area (Å²) in [5.74, 6) is -0.294. The maximum atomic E-state index is 13.5. The van der Waals surface area contributed by atoms with Crippen molar-refractivity contribution in [1.82, 2.24) is 14.2 Å². The summed E-state index contributed by atoms with van der Waals surface area (Å²) in [6.45, 7) is 5.67. The molecule has 200 valence electrons. The summed E-state index contributed by atoms with van der Waals surface area (Å²) in [6.07, 6.45) is 1.90. The number of carbonyl (C=O) groups is 1. The number of aromatic nitrogens is 1. The first-order valence-electron chi connectivity index (χ1n) is 12.6. The Morgan fingerprint density at radius 3 is 2.61 bits per heavy atom. The lowest BCUT2D eigenvalue weighted by Gasteiger charge is -2.30. The van der Waals surface area contributed by atoms with E-state index in [0.717, 1.165) is 63.2 Å². The van der Waals surface area contributed by atoms with Gasteiger partial charge in [-0.15, -0.1) is 34.0 Å². The molecule has 2 aliphatic heterocycles. The van der Waals surface area contributed by atoms with Gasteiger partial charge in [0.1, 0.15) is 14.2 Å². The molecule has 1 fully saturated rings. The zero-order valence-corrected chi connectivity index (χ0v) is 24.8. The SMILES string of the molecule is CCN1CCc2c(sc(NC(=O)C3CCN(S(=O)(=O)c4ccc(Cl)s4)CC3)c2-c2nc3ccccc3s2)C1. The number of anilines is 1. The average molecular weight is 607 g/mol. The molecule has 2 aliphatic rings. The van der Waals surface area contributed by atoms with Crippen LogP contribution < -0.4 is 5.32 Å². The molecule has 3 aromatic heterocycles. The highest BCUT2D eigenvalue weighted by Gasteiger charge is 2.34. The van der Waals surface area contributed by atoms with Crippen molar-refractivity contribution in [3.05, 3.63) is 51.2 Å². The normalized spacial score (nSPS) is 17.6. The molecule has 0 spiro atoms. The minimum atomic E-state index is -3.59. The van der Waals surface area contributed by atoms with Crippen molar-refractivity contribution < 1.29 is 13.2 Å². The summed E-state index contributed by atoms with van der Waals surface area (Å²) in [5.41, 5.74) is 3.32. The van der Waals surface area contributed by atoms with Crippen LogP contribution >= 0.6 is 45.6 Å². The van der Waals surface area contributed by atoms with Crippen molar-refractivity contribution in [3.8, 4) is 10.6 Å². The van der Waals surface area contributed by atoms with Crippen molar-refractivity contribution in [2.24, 2.45) is 5.92 Å². The Morgan fingerprint density at radius 2 is 1.89 bits per heavy atom. The van der Waals surface area contributed by atoms with E-state index in [1.807, 2.05) is 18.2 Å². The Morgan fingerprint density at radius 1 is 1.11 bits per heavy atom. The predicted molar refractivity (Wildman–Crippen MR) is 157 cm³/mol. The number of para-hydroxylation sites is 1. The van der Waals surface area contributed by atoms with Crippen molar-refractivity contribution in [1.29, 1.82) is 0 Å². The summed E-state index contributed by atoms with van der Waals surface area (Å²) in [7, 11) is -3.59. The summed E-state index contributed by atoms with van der Waals surface area (Å²) in [6, 6.07) is 11.3. The minimum absolute atomic E-state index is 0.0467.